The normalized spacial score (nSPS) is 30.8. The molecule has 1 heterocycles. The number of fused-ring (bicyclic) bond motifs is 5. The molecule has 2 heteroatoms. The largest absolute Gasteiger partial charge is 0.299 e. The molecule has 1 aromatic heterocycles. The van der Waals surface area contributed by atoms with E-state index in [0.29, 0.717) is 11.7 Å². The number of hydrogen-bond acceptors (Lipinski definition) is 2. The molecular formula is C10H9NO. The van der Waals surface area contributed by atoms with Crippen molar-refractivity contribution in [2.24, 2.45) is 0 Å². The van der Waals surface area contributed by atoms with Gasteiger partial charge < -0.3 is 0 Å². The van der Waals surface area contributed by atoms with Crippen LogP contribution in [-0.4, -0.2) is 10.8 Å². The first-order chi connectivity index (χ1) is 5.86. The van der Waals surface area contributed by atoms with Crippen molar-refractivity contribution in [3.05, 3.63) is 29.6 Å². The maximum atomic E-state index is 11.4. The third-order valence-corrected chi connectivity index (χ3v) is 3.06. The molecule has 2 atom stereocenters. The molecule has 3 rings (SSSR count). The number of ketones is 1. The van der Waals surface area contributed by atoms with Crippen LogP contribution >= 0.6 is 0 Å². The second-order valence-electron chi connectivity index (χ2n) is 3.66. The van der Waals surface area contributed by atoms with Crippen LogP contribution in [0.25, 0.3) is 0 Å². The fourth-order valence-electron chi connectivity index (χ4n) is 2.50. The molecule has 1 aromatic rings. The van der Waals surface area contributed by atoms with Gasteiger partial charge in [0, 0.05) is 24.7 Å². The highest BCUT2D eigenvalue weighted by Gasteiger charge is 2.42. The van der Waals surface area contributed by atoms with Crippen LogP contribution < -0.4 is 0 Å². The lowest BCUT2D eigenvalue weighted by Gasteiger charge is -2.12. The molecule has 2 aliphatic carbocycles. The van der Waals surface area contributed by atoms with Gasteiger partial charge in [-0.1, -0.05) is 0 Å². The van der Waals surface area contributed by atoms with E-state index in [1.807, 2.05) is 12.3 Å². The molecule has 0 saturated heterocycles. The number of pyridine rings is 1. The Morgan fingerprint density at radius 3 is 3.25 bits per heavy atom. The summed E-state index contributed by atoms with van der Waals surface area (Å²) in [6.07, 6.45) is 5.50. The van der Waals surface area contributed by atoms with Gasteiger partial charge in [0.2, 0.25) is 0 Å². The van der Waals surface area contributed by atoms with E-state index in [9.17, 15) is 4.79 Å². The lowest BCUT2D eigenvalue weighted by molar-refractivity contribution is -0.118. The van der Waals surface area contributed by atoms with Crippen LogP contribution in [0.15, 0.2) is 18.5 Å². The number of nitrogens with zero attached hydrogens (tertiary/aromatic N) is 1. The number of rotatable bonds is 0. The third kappa shape index (κ3) is 0.607. The second kappa shape index (κ2) is 1.94. The van der Waals surface area contributed by atoms with E-state index in [0.717, 1.165) is 12.8 Å². The predicted octanol–water partition coefficient (Wildman–Crippen LogP) is 1.63. The average Bonchev–Trinajstić information content (AvgIpc) is 2.62. The van der Waals surface area contributed by atoms with E-state index in [1.54, 1.807) is 6.20 Å². The third-order valence-electron chi connectivity index (χ3n) is 3.06. The van der Waals surface area contributed by atoms with E-state index in [2.05, 4.69) is 4.98 Å². The summed E-state index contributed by atoms with van der Waals surface area (Å²) < 4.78 is 0. The number of hydrogen-bond donors (Lipinski definition) is 0. The van der Waals surface area contributed by atoms with Crippen molar-refractivity contribution in [3.63, 3.8) is 0 Å². The first-order valence-electron chi connectivity index (χ1n) is 4.33. The van der Waals surface area contributed by atoms with E-state index in [4.69, 9.17) is 0 Å². The summed E-state index contributed by atoms with van der Waals surface area (Å²) in [5.41, 5.74) is 2.56. The van der Waals surface area contributed by atoms with Gasteiger partial charge in [0.1, 0.15) is 5.78 Å². The summed E-state index contributed by atoms with van der Waals surface area (Å²) in [7, 11) is 0. The summed E-state index contributed by atoms with van der Waals surface area (Å²) >= 11 is 0. The Hall–Kier alpha value is -1.18. The molecule has 60 valence electrons. The molecule has 0 N–H and O–H groups in total. The Labute approximate surface area is 70.6 Å². The maximum Gasteiger partial charge on any atom is 0.140 e. The lowest BCUT2D eigenvalue weighted by atomic mass is 9.93. The highest BCUT2D eigenvalue weighted by molar-refractivity contribution is 5.91. The van der Waals surface area contributed by atoms with Gasteiger partial charge >= 0.3 is 0 Å². The van der Waals surface area contributed by atoms with Gasteiger partial charge in [0.15, 0.2) is 0 Å². The van der Waals surface area contributed by atoms with E-state index in [1.165, 1.54) is 11.1 Å². The van der Waals surface area contributed by atoms with Crippen molar-refractivity contribution in [3.8, 4) is 0 Å². The summed E-state index contributed by atoms with van der Waals surface area (Å²) in [6, 6.07) is 2.00. The van der Waals surface area contributed by atoms with Crippen molar-refractivity contribution in [1.29, 1.82) is 0 Å². The minimum atomic E-state index is 0.216. The Bertz CT molecular complexity index is 359. The van der Waals surface area contributed by atoms with Gasteiger partial charge in [-0.25, -0.2) is 0 Å². The van der Waals surface area contributed by atoms with Crippen molar-refractivity contribution in [2.75, 3.05) is 0 Å². The van der Waals surface area contributed by atoms with Crippen LogP contribution in [0.4, 0.5) is 0 Å². The zero-order valence-electron chi connectivity index (χ0n) is 6.66. The molecule has 2 nitrogen and oxygen atoms in total. The Morgan fingerprint density at radius 1 is 1.42 bits per heavy atom. The van der Waals surface area contributed by atoms with Crippen molar-refractivity contribution >= 4 is 5.78 Å². The van der Waals surface area contributed by atoms with Gasteiger partial charge in [-0.15, -0.1) is 0 Å². The summed E-state index contributed by atoms with van der Waals surface area (Å²) in [5.74, 6) is 1.14. The fourth-order valence-corrected chi connectivity index (χ4v) is 2.50. The minimum Gasteiger partial charge on any atom is -0.299 e. The Balaban J connectivity index is 2.23. The van der Waals surface area contributed by atoms with Gasteiger partial charge in [0.05, 0.1) is 0 Å². The van der Waals surface area contributed by atoms with Crippen LogP contribution in [0, 0.1) is 0 Å². The van der Waals surface area contributed by atoms with Gasteiger partial charge in [-0.2, -0.15) is 0 Å². The molecule has 2 bridgehead atoms. The summed E-state index contributed by atoms with van der Waals surface area (Å²) in [4.78, 5) is 15.5. The van der Waals surface area contributed by atoms with E-state index in [-0.39, 0.29) is 5.92 Å². The topological polar surface area (TPSA) is 30.0 Å². The molecule has 0 radical (unpaired) electrons. The first-order valence-corrected chi connectivity index (χ1v) is 4.33. The zero-order valence-corrected chi connectivity index (χ0v) is 6.66. The molecular weight excluding hydrogens is 150 g/mol. The highest BCUT2D eigenvalue weighted by Crippen LogP contribution is 2.50. The zero-order chi connectivity index (χ0) is 8.13. The van der Waals surface area contributed by atoms with Crippen LogP contribution in [0.2, 0.25) is 0 Å². The number of Topliss-reactive ketones (excluding diaryl/α,β-unsaturated/α-hetero) is 1. The van der Waals surface area contributed by atoms with Crippen LogP contribution in [0.1, 0.15) is 35.8 Å². The predicted molar refractivity (Wildman–Crippen MR) is 44.0 cm³/mol. The number of aromatic nitrogens is 1. The SMILES string of the molecule is O=C1CC2CC1c1ccncc12. The van der Waals surface area contributed by atoms with E-state index >= 15 is 0 Å². The number of carbonyl (C=O) groups is 1. The fraction of sp³-hybridized carbons (Fsp3) is 0.400. The highest BCUT2D eigenvalue weighted by atomic mass is 16.1. The molecule has 0 aliphatic heterocycles. The van der Waals surface area contributed by atoms with Gasteiger partial charge in [-0.05, 0) is 29.5 Å². The van der Waals surface area contributed by atoms with E-state index < -0.39 is 0 Å². The molecule has 0 amide bonds. The maximum absolute atomic E-state index is 11.4. The first kappa shape index (κ1) is 6.35. The monoisotopic (exact) mass is 159 g/mol. The van der Waals surface area contributed by atoms with Crippen LogP contribution in [0.3, 0.4) is 0 Å². The standard InChI is InChI=1S/C10H9NO/c12-10-4-6-3-8(10)7-1-2-11-5-9(6)7/h1-2,5-6,8H,3-4H2. The van der Waals surface area contributed by atoms with Crippen LogP contribution in [-0.2, 0) is 4.79 Å². The molecule has 12 heavy (non-hydrogen) atoms. The molecule has 1 fully saturated rings. The number of carbonyl (C=O) groups excluding carboxylic acids is 1. The smallest absolute Gasteiger partial charge is 0.140 e. The molecule has 0 aromatic carbocycles. The Morgan fingerprint density at radius 2 is 2.33 bits per heavy atom. The second-order valence-corrected chi connectivity index (χ2v) is 3.66. The molecule has 1 saturated carbocycles. The van der Waals surface area contributed by atoms with Crippen molar-refractivity contribution < 1.29 is 4.79 Å². The average molecular weight is 159 g/mol. The molecule has 0 spiro atoms. The quantitative estimate of drug-likeness (QED) is 0.575. The summed E-state index contributed by atoms with van der Waals surface area (Å²) in [5, 5.41) is 0. The van der Waals surface area contributed by atoms with Crippen LogP contribution in [0.5, 0.6) is 0 Å². The minimum absolute atomic E-state index is 0.216. The lowest BCUT2D eigenvalue weighted by Crippen LogP contribution is -2.08. The molecule has 2 aliphatic rings. The van der Waals surface area contributed by atoms with Gasteiger partial charge in [0.25, 0.3) is 0 Å². The Kier molecular flexibility index (Phi) is 1.03. The van der Waals surface area contributed by atoms with Crippen molar-refractivity contribution in [1.82, 2.24) is 4.98 Å². The van der Waals surface area contributed by atoms with Crippen molar-refractivity contribution in [2.45, 2.75) is 24.7 Å². The van der Waals surface area contributed by atoms with Gasteiger partial charge in [-0.3, -0.25) is 9.78 Å². The molecule has 2 unspecified atom stereocenters. The summed E-state index contributed by atoms with van der Waals surface area (Å²) in [6.45, 7) is 0.